The van der Waals surface area contributed by atoms with Crippen LogP contribution in [0.2, 0.25) is 0 Å². The number of halogens is 1. The van der Waals surface area contributed by atoms with Gasteiger partial charge in [0.25, 0.3) is 0 Å². The van der Waals surface area contributed by atoms with Crippen LogP contribution in [0.1, 0.15) is 67.7 Å². The number of rotatable bonds is 9. The fraction of sp³-hybridized carbons (Fsp3) is 0.889. The highest BCUT2D eigenvalue weighted by Gasteiger charge is 2.20. The number of carbonyl (C=O) groups excluding carboxylic acids is 1. The molecule has 0 radical (unpaired) electrons. The van der Waals surface area contributed by atoms with Crippen molar-refractivity contribution in [2.75, 3.05) is 19.6 Å². The van der Waals surface area contributed by atoms with Crippen LogP contribution in [-0.2, 0) is 4.79 Å². The average Bonchev–Trinajstić information content (AvgIpc) is 2.41. The van der Waals surface area contributed by atoms with Gasteiger partial charge in [0.1, 0.15) is 0 Å². The predicted molar refractivity (Wildman–Crippen MR) is 115 cm³/mol. The van der Waals surface area contributed by atoms with Gasteiger partial charge in [-0.15, -0.1) is 24.0 Å². The first-order valence-electron chi connectivity index (χ1n) is 9.00. The van der Waals surface area contributed by atoms with Crippen LogP contribution in [-0.4, -0.2) is 37.5 Å². The monoisotopic (exact) mass is 454 g/mol. The van der Waals surface area contributed by atoms with E-state index >= 15 is 0 Å². The normalized spacial score (nSPS) is 13.2. The molecule has 0 bridgehead atoms. The van der Waals surface area contributed by atoms with Crippen LogP contribution in [0.3, 0.4) is 0 Å². The van der Waals surface area contributed by atoms with Gasteiger partial charge in [0, 0.05) is 24.5 Å². The summed E-state index contributed by atoms with van der Waals surface area (Å²) in [6, 6.07) is 0.399. The minimum Gasteiger partial charge on any atom is -0.357 e. The summed E-state index contributed by atoms with van der Waals surface area (Å²) in [4.78, 5) is 16.3. The number of guanidine groups is 1. The SMILES string of the molecule is CCNC(=NCCNC(=O)C(C)(C)C)NC(C)CCCC(C)C.I. The summed E-state index contributed by atoms with van der Waals surface area (Å²) in [5.74, 6) is 1.65. The third kappa shape index (κ3) is 13.9. The molecule has 0 aliphatic carbocycles. The number of nitrogens with zero attached hydrogens (tertiary/aromatic N) is 1. The molecule has 1 amide bonds. The quantitative estimate of drug-likeness (QED) is 0.216. The summed E-state index contributed by atoms with van der Waals surface area (Å²) >= 11 is 0. The molecule has 5 nitrogen and oxygen atoms in total. The largest absolute Gasteiger partial charge is 0.357 e. The molecular weight excluding hydrogens is 415 g/mol. The van der Waals surface area contributed by atoms with Gasteiger partial charge in [-0.1, -0.05) is 47.5 Å². The number of carbonyl (C=O) groups is 1. The lowest BCUT2D eigenvalue weighted by Crippen LogP contribution is -2.43. The zero-order valence-electron chi connectivity index (χ0n) is 16.7. The molecule has 3 N–H and O–H groups in total. The molecule has 0 aromatic rings. The van der Waals surface area contributed by atoms with E-state index in [-0.39, 0.29) is 35.3 Å². The molecule has 1 unspecified atom stereocenters. The number of nitrogens with one attached hydrogen (secondary N) is 3. The van der Waals surface area contributed by atoms with Gasteiger partial charge in [0.05, 0.1) is 6.54 Å². The predicted octanol–water partition coefficient (Wildman–Crippen LogP) is 3.54. The fourth-order valence-corrected chi connectivity index (χ4v) is 2.06. The van der Waals surface area contributed by atoms with E-state index in [2.05, 4.69) is 48.6 Å². The summed E-state index contributed by atoms with van der Waals surface area (Å²) in [6.07, 6.45) is 3.63. The van der Waals surface area contributed by atoms with Crippen LogP contribution in [0.4, 0.5) is 0 Å². The van der Waals surface area contributed by atoms with Gasteiger partial charge in [0.15, 0.2) is 5.96 Å². The Labute approximate surface area is 166 Å². The molecule has 144 valence electrons. The van der Waals surface area contributed by atoms with E-state index in [0.29, 0.717) is 19.1 Å². The molecule has 0 aliphatic heterocycles. The van der Waals surface area contributed by atoms with Crippen molar-refractivity contribution in [1.82, 2.24) is 16.0 Å². The third-order valence-electron chi connectivity index (χ3n) is 3.49. The molecular formula is C18H39IN4O. The number of aliphatic imine (C=N–C) groups is 1. The molecule has 6 heteroatoms. The van der Waals surface area contributed by atoms with E-state index < -0.39 is 0 Å². The maximum Gasteiger partial charge on any atom is 0.225 e. The van der Waals surface area contributed by atoms with Gasteiger partial charge in [0.2, 0.25) is 5.91 Å². The van der Waals surface area contributed by atoms with Crippen molar-refractivity contribution in [2.24, 2.45) is 16.3 Å². The first-order chi connectivity index (χ1) is 10.7. The van der Waals surface area contributed by atoms with Gasteiger partial charge >= 0.3 is 0 Å². The van der Waals surface area contributed by atoms with E-state index in [9.17, 15) is 4.79 Å². The summed E-state index contributed by atoms with van der Waals surface area (Å²) in [7, 11) is 0. The number of hydrogen-bond donors (Lipinski definition) is 3. The van der Waals surface area contributed by atoms with Crippen LogP contribution in [0.5, 0.6) is 0 Å². The van der Waals surface area contributed by atoms with E-state index in [1.807, 2.05) is 20.8 Å². The van der Waals surface area contributed by atoms with Gasteiger partial charge in [-0.3, -0.25) is 9.79 Å². The minimum atomic E-state index is -0.350. The lowest BCUT2D eigenvalue weighted by Gasteiger charge is -2.19. The summed E-state index contributed by atoms with van der Waals surface area (Å²) < 4.78 is 0. The molecule has 1 atom stereocenters. The van der Waals surface area contributed by atoms with Crippen molar-refractivity contribution in [1.29, 1.82) is 0 Å². The maximum absolute atomic E-state index is 11.8. The smallest absolute Gasteiger partial charge is 0.225 e. The second-order valence-electron chi connectivity index (χ2n) is 7.64. The van der Waals surface area contributed by atoms with Crippen LogP contribution < -0.4 is 16.0 Å². The van der Waals surface area contributed by atoms with Gasteiger partial charge < -0.3 is 16.0 Å². The highest BCUT2D eigenvalue weighted by molar-refractivity contribution is 14.0. The Bertz CT molecular complexity index is 365. The van der Waals surface area contributed by atoms with Crippen LogP contribution in [0.15, 0.2) is 4.99 Å². The van der Waals surface area contributed by atoms with Gasteiger partial charge in [-0.25, -0.2) is 0 Å². The maximum atomic E-state index is 11.8. The number of hydrogen-bond acceptors (Lipinski definition) is 2. The molecule has 0 spiro atoms. The first kappa shape index (κ1) is 25.7. The zero-order valence-corrected chi connectivity index (χ0v) is 19.0. The number of amides is 1. The lowest BCUT2D eigenvalue weighted by molar-refractivity contribution is -0.128. The Hall–Kier alpha value is -0.530. The van der Waals surface area contributed by atoms with Crippen molar-refractivity contribution in [3.05, 3.63) is 0 Å². The van der Waals surface area contributed by atoms with Crippen molar-refractivity contribution < 1.29 is 4.79 Å². The second kappa shape index (κ2) is 13.7. The van der Waals surface area contributed by atoms with Crippen molar-refractivity contribution in [3.63, 3.8) is 0 Å². The first-order valence-corrected chi connectivity index (χ1v) is 9.00. The molecule has 0 aromatic heterocycles. The van der Waals surface area contributed by atoms with Crippen molar-refractivity contribution >= 4 is 35.8 Å². The summed E-state index contributed by atoms with van der Waals surface area (Å²) in [5.41, 5.74) is -0.350. The fourth-order valence-electron chi connectivity index (χ4n) is 2.06. The second-order valence-corrected chi connectivity index (χ2v) is 7.64. The Morgan fingerprint density at radius 2 is 1.71 bits per heavy atom. The van der Waals surface area contributed by atoms with Crippen LogP contribution in [0.25, 0.3) is 0 Å². The lowest BCUT2D eigenvalue weighted by atomic mass is 9.96. The van der Waals surface area contributed by atoms with E-state index in [4.69, 9.17) is 0 Å². The van der Waals surface area contributed by atoms with Gasteiger partial charge in [-0.05, 0) is 26.2 Å². The molecule has 0 aromatic carbocycles. The molecule has 24 heavy (non-hydrogen) atoms. The van der Waals surface area contributed by atoms with Gasteiger partial charge in [-0.2, -0.15) is 0 Å². The highest BCUT2D eigenvalue weighted by atomic mass is 127. The van der Waals surface area contributed by atoms with Crippen LogP contribution in [0, 0.1) is 11.3 Å². The van der Waals surface area contributed by atoms with E-state index in [1.165, 1.54) is 12.8 Å². The van der Waals surface area contributed by atoms with Crippen molar-refractivity contribution in [3.8, 4) is 0 Å². The molecule has 0 heterocycles. The summed E-state index contributed by atoms with van der Waals surface area (Å²) in [6.45, 7) is 16.5. The minimum absolute atomic E-state index is 0. The summed E-state index contributed by atoms with van der Waals surface area (Å²) in [5, 5.41) is 9.61. The third-order valence-corrected chi connectivity index (χ3v) is 3.49. The topological polar surface area (TPSA) is 65.5 Å². The Morgan fingerprint density at radius 1 is 1.08 bits per heavy atom. The molecule has 0 saturated heterocycles. The molecule has 0 rings (SSSR count). The van der Waals surface area contributed by atoms with E-state index in [0.717, 1.165) is 24.8 Å². The highest BCUT2D eigenvalue weighted by Crippen LogP contribution is 2.11. The standard InChI is InChI=1S/C18H38N4O.HI/c1-8-19-17(22-15(4)11-9-10-14(2)3)21-13-12-20-16(23)18(5,6)7;/h14-15H,8-13H2,1-7H3,(H,20,23)(H2,19,21,22);1H. The van der Waals surface area contributed by atoms with E-state index in [1.54, 1.807) is 0 Å². The van der Waals surface area contributed by atoms with Crippen LogP contribution >= 0.6 is 24.0 Å². The molecule has 0 saturated carbocycles. The Morgan fingerprint density at radius 3 is 2.21 bits per heavy atom. The average molecular weight is 454 g/mol. The zero-order chi connectivity index (χ0) is 17.9. The Balaban J connectivity index is 0. The van der Waals surface area contributed by atoms with Crippen molar-refractivity contribution in [2.45, 2.75) is 73.8 Å². The molecule has 0 fully saturated rings. The Kier molecular flexibility index (Phi) is 14.7. The molecule has 0 aliphatic rings.